The van der Waals surface area contributed by atoms with Crippen LogP contribution in [0.25, 0.3) is 0 Å². The van der Waals surface area contributed by atoms with Crippen LogP contribution in [0.2, 0.25) is 9.88 Å². The van der Waals surface area contributed by atoms with E-state index in [1.54, 1.807) is 0 Å². The van der Waals surface area contributed by atoms with Gasteiger partial charge in [0.15, 0.2) is 0 Å². The summed E-state index contributed by atoms with van der Waals surface area (Å²) in [5.74, 6) is 0. The molecule has 0 saturated carbocycles. The molecular formula is C6H18N2O8S4Sn. The molecule has 0 aromatic carbocycles. The third kappa shape index (κ3) is 5.28. The fourth-order valence-corrected chi connectivity index (χ4v) is 41.1. The van der Waals surface area contributed by atoms with Crippen molar-refractivity contribution in [2.24, 2.45) is 0 Å². The average Bonchev–Trinajstić information content (AvgIpc) is 1.84. The Bertz CT molecular complexity index is 689. The summed E-state index contributed by atoms with van der Waals surface area (Å²) in [6.07, 6.45) is 2.32. The van der Waals surface area contributed by atoms with Crippen LogP contribution in [0.5, 0.6) is 0 Å². The van der Waals surface area contributed by atoms with Gasteiger partial charge in [-0.1, -0.05) is 0 Å². The Morgan fingerprint density at radius 2 is 0.667 bits per heavy atom. The molecule has 0 aliphatic rings. The summed E-state index contributed by atoms with van der Waals surface area (Å²) < 4.78 is 94.2. The predicted molar refractivity (Wildman–Crippen MR) is 80.5 cm³/mol. The summed E-state index contributed by atoms with van der Waals surface area (Å²) in [7, 11) is -17.5. The monoisotopic (exact) mass is 494 g/mol. The van der Waals surface area contributed by atoms with Crippen molar-refractivity contribution in [3.63, 3.8) is 0 Å². The molecule has 10 nitrogen and oxygen atoms in total. The molecule has 0 heterocycles. The molecule has 0 amide bonds. The minimum absolute atomic E-state index is 0.0524. The van der Waals surface area contributed by atoms with E-state index in [2.05, 4.69) is 0 Å². The van der Waals surface area contributed by atoms with Gasteiger partial charge < -0.3 is 0 Å². The van der Waals surface area contributed by atoms with Gasteiger partial charge in [0, 0.05) is 0 Å². The molecule has 0 radical (unpaired) electrons. The van der Waals surface area contributed by atoms with Crippen LogP contribution in [0.15, 0.2) is 0 Å². The van der Waals surface area contributed by atoms with Gasteiger partial charge in [-0.25, -0.2) is 0 Å². The number of hydrogen-bond donors (Lipinski definition) is 0. The maximum absolute atomic E-state index is 11.8. The first kappa shape index (κ1) is 21.5. The number of nitrogens with zero attached hydrogens (tertiary/aromatic N) is 2. The molecule has 0 bridgehead atoms. The van der Waals surface area contributed by atoms with Gasteiger partial charge in [-0.05, 0) is 0 Å². The van der Waals surface area contributed by atoms with Crippen molar-refractivity contribution >= 4 is 59.0 Å². The van der Waals surface area contributed by atoms with Crippen molar-refractivity contribution in [1.29, 1.82) is 0 Å². The minimum atomic E-state index is -5.10. The van der Waals surface area contributed by atoms with Crippen molar-refractivity contribution < 1.29 is 33.7 Å². The van der Waals surface area contributed by atoms with E-state index >= 15 is 0 Å². The van der Waals surface area contributed by atoms with Gasteiger partial charge in [0.25, 0.3) is 0 Å². The number of hydrogen-bond acceptors (Lipinski definition) is 8. The predicted octanol–water partition coefficient (Wildman–Crippen LogP) is -1.87. The summed E-state index contributed by atoms with van der Waals surface area (Å²) in [5, 5.41) is 0. The second-order valence-corrected chi connectivity index (χ2v) is 27.5. The quantitative estimate of drug-likeness (QED) is 0.392. The summed E-state index contributed by atoms with van der Waals surface area (Å²) in [6.45, 7) is 0. The molecular weight excluding hydrogens is 475 g/mol. The number of rotatable bonds is 6. The van der Waals surface area contributed by atoms with Crippen LogP contribution in [0.3, 0.4) is 0 Å². The molecule has 0 atom stereocenters. The van der Waals surface area contributed by atoms with E-state index in [1.807, 2.05) is 0 Å². The van der Waals surface area contributed by atoms with E-state index < -0.39 is 59.0 Å². The molecule has 15 heteroatoms. The van der Waals surface area contributed by atoms with Crippen LogP contribution in [-0.4, -0.2) is 81.5 Å². The molecule has 0 aromatic heterocycles. The van der Waals surface area contributed by atoms with Crippen LogP contribution in [0, 0.1) is 0 Å². The molecule has 0 aliphatic heterocycles. The molecule has 0 saturated heterocycles. The average molecular weight is 493 g/mol. The maximum atomic E-state index is 11.8. The third-order valence-corrected chi connectivity index (χ3v) is 36.2. The summed E-state index contributed by atoms with van der Waals surface area (Å²) in [5.41, 5.74) is 0. The molecule has 0 aromatic rings. The van der Waals surface area contributed by atoms with E-state index in [4.69, 9.17) is 0 Å². The van der Waals surface area contributed by atoms with E-state index in [0.717, 1.165) is 9.88 Å². The van der Waals surface area contributed by atoms with E-state index in [0.29, 0.717) is 25.0 Å². The first-order valence-corrected chi connectivity index (χ1v) is 20.8. The third-order valence-electron chi connectivity index (χ3n) is 2.10. The second-order valence-electron chi connectivity index (χ2n) is 4.94. The zero-order valence-corrected chi connectivity index (χ0v) is 18.4. The van der Waals surface area contributed by atoms with Crippen LogP contribution >= 0.6 is 0 Å². The van der Waals surface area contributed by atoms with Crippen molar-refractivity contribution in [2.75, 3.05) is 25.0 Å². The Morgan fingerprint density at radius 3 is 0.762 bits per heavy atom. The van der Waals surface area contributed by atoms with Gasteiger partial charge in [0.05, 0.1) is 0 Å². The summed E-state index contributed by atoms with van der Waals surface area (Å²) in [4.78, 5) is 2.14. The van der Waals surface area contributed by atoms with Gasteiger partial charge >= 0.3 is 131 Å². The molecule has 21 heavy (non-hydrogen) atoms. The Hall–Kier alpha value is 0.519. The van der Waals surface area contributed by atoms with Crippen LogP contribution in [0.1, 0.15) is 0 Å². The van der Waals surface area contributed by atoms with Gasteiger partial charge in [0.1, 0.15) is 0 Å². The molecule has 128 valence electrons. The van der Waals surface area contributed by atoms with Crippen LogP contribution < -0.4 is 0 Å². The Morgan fingerprint density at radius 1 is 0.524 bits per heavy atom. The second kappa shape index (κ2) is 5.86. The first-order chi connectivity index (χ1) is 8.73. The van der Waals surface area contributed by atoms with Crippen LogP contribution in [-0.2, 0) is 40.1 Å². The normalized spacial score (nSPS) is 15.6. The van der Waals surface area contributed by atoms with E-state index in [9.17, 15) is 33.7 Å². The van der Waals surface area contributed by atoms with Crippen molar-refractivity contribution in [3.8, 4) is 0 Å². The zero-order chi connectivity index (χ0) is 17.7. The van der Waals surface area contributed by atoms with Crippen LogP contribution in [0.4, 0.5) is 0 Å². The van der Waals surface area contributed by atoms with Gasteiger partial charge in [-0.2, -0.15) is 0 Å². The molecule has 0 aliphatic carbocycles. The van der Waals surface area contributed by atoms with Crippen molar-refractivity contribution in [1.82, 2.24) is 3.86 Å². The SMILES string of the molecule is CS(=O)(=O)[N](S(C)(=O)=O)[Sn]([CH3])([CH3])[N](S(C)(=O)=O)S(C)(=O)=O. The van der Waals surface area contributed by atoms with Gasteiger partial charge in [-0.15, -0.1) is 0 Å². The van der Waals surface area contributed by atoms with Gasteiger partial charge in [0.2, 0.25) is 0 Å². The Balaban J connectivity index is 6.79. The standard InChI is InChI=1S/2C2H6NO4S2.2CH3.Sn/c2*1-8(4,5)3-9(2,6)7;;;/h2*1-2H3;2*1H3;/q2*-1;;;+2. The fraction of sp³-hybridized carbons (Fsp3) is 1.00. The van der Waals surface area contributed by atoms with Gasteiger partial charge in [-0.3, -0.25) is 0 Å². The summed E-state index contributed by atoms with van der Waals surface area (Å²) >= 11 is -5.10. The number of sulfonamides is 4. The fourth-order valence-electron chi connectivity index (χ4n) is 2.18. The van der Waals surface area contributed by atoms with Crippen molar-refractivity contribution in [2.45, 2.75) is 9.88 Å². The zero-order valence-electron chi connectivity index (χ0n) is 12.3. The molecule has 0 N–H and O–H groups in total. The Kier molecular flexibility index (Phi) is 6.01. The van der Waals surface area contributed by atoms with E-state index in [-0.39, 0.29) is 3.86 Å². The summed E-state index contributed by atoms with van der Waals surface area (Å²) in [6, 6.07) is 0. The molecule has 0 spiro atoms. The molecule has 0 fully saturated rings. The van der Waals surface area contributed by atoms with Crippen molar-refractivity contribution in [3.05, 3.63) is 0 Å². The topological polar surface area (TPSA) is 143 Å². The molecule has 0 rings (SSSR count). The van der Waals surface area contributed by atoms with E-state index in [1.165, 1.54) is 0 Å². The Labute approximate surface area is 130 Å². The molecule has 0 unspecified atom stereocenters. The first-order valence-electron chi connectivity index (χ1n) is 5.14.